The van der Waals surface area contributed by atoms with Crippen molar-refractivity contribution in [3.63, 3.8) is 0 Å². The Balaban J connectivity index is 1.94. The van der Waals surface area contributed by atoms with Crippen molar-refractivity contribution in [2.75, 3.05) is 18.5 Å². The summed E-state index contributed by atoms with van der Waals surface area (Å²) in [6.07, 6.45) is 0.106. The first kappa shape index (κ1) is 16.7. The summed E-state index contributed by atoms with van der Waals surface area (Å²) in [6, 6.07) is 7.26. The summed E-state index contributed by atoms with van der Waals surface area (Å²) < 4.78 is 0.334. The molecule has 124 valence electrons. The molecule has 1 fully saturated rings. The molecule has 0 unspecified atom stereocenters. The van der Waals surface area contributed by atoms with Crippen LogP contribution in [-0.4, -0.2) is 40.6 Å². The predicted molar refractivity (Wildman–Crippen MR) is 92.9 cm³/mol. The van der Waals surface area contributed by atoms with Crippen LogP contribution >= 0.6 is 24.0 Å². The van der Waals surface area contributed by atoms with Gasteiger partial charge >= 0.3 is 0 Å². The molecule has 2 aliphatic rings. The third-order valence-corrected chi connectivity index (χ3v) is 5.34. The Labute approximate surface area is 148 Å². The van der Waals surface area contributed by atoms with Crippen LogP contribution < -0.4 is 10.0 Å². The number of thioether (sulfide) groups is 1. The van der Waals surface area contributed by atoms with Gasteiger partial charge in [-0.3, -0.25) is 14.5 Å². The van der Waals surface area contributed by atoms with Gasteiger partial charge in [-0.2, -0.15) is 0 Å². The standard InChI is InChI=1S/C16H14N2O4S2/c1-17-10-6-3-2-5-9(10)12(14(17)21)13-15(22)18(16(23)24-13)8-4-7-11(19)20/h2-3,5-6H,4,7-8H2,1H3,(H,19,20)/p-1/b13-12-. The molecule has 1 aromatic carbocycles. The van der Waals surface area contributed by atoms with Crippen LogP contribution in [0, 0.1) is 0 Å². The minimum Gasteiger partial charge on any atom is -0.550 e. The number of rotatable bonds is 4. The van der Waals surface area contributed by atoms with Gasteiger partial charge in [0, 0.05) is 25.1 Å². The van der Waals surface area contributed by atoms with Crippen molar-refractivity contribution in [2.45, 2.75) is 12.8 Å². The Kier molecular flexibility index (Phi) is 4.42. The summed E-state index contributed by atoms with van der Waals surface area (Å²) in [5, 5.41) is 10.5. The van der Waals surface area contributed by atoms with Crippen LogP contribution in [0.25, 0.3) is 5.57 Å². The zero-order valence-electron chi connectivity index (χ0n) is 12.8. The largest absolute Gasteiger partial charge is 0.550 e. The second kappa shape index (κ2) is 6.37. The maximum atomic E-state index is 12.7. The van der Waals surface area contributed by atoms with Crippen LogP contribution in [-0.2, 0) is 14.4 Å². The Bertz CT molecular complexity index is 803. The molecule has 0 saturated carbocycles. The number of amides is 2. The third-order valence-electron chi connectivity index (χ3n) is 3.89. The van der Waals surface area contributed by atoms with Gasteiger partial charge in [0.25, 0.3) is 11.8 Å². The van der Waals surface area contributed by atoms with Crippen molar-refractivity contribution >= 4 is 57.3 Å². The van der Waals surface area contributed by atoms with Gasteiger partial charge in [-0.05, 0) is 18.9 Å². The number of hydrogen-bond acceptors (Lipinski definition) is 6. The number of carboxylic acid groups (broad SMARTS) is 1. The Hall–Kier alpha value is -2.19. The van der Waals surface area contributed by atoms with Crippen molar-refractivity contribution in [3.8, 4) is 0 Å². The lowest BCUT2D eigenvalue weighted by atomic mass is 10.1. The Morgan fingerprint density at radius 3 is 2.67 bits per heavy atom. The highest BCUT2D eigenvalue weighted by Gasteiger charge is 2.40. The lowest BCUT2D eigenvalue weighted by Gasteiger charge is -2.14. The SMILES string of the molecule is CN1C(=O)/C(=C2\SC(=S)N(CCCC(=O)[O-])C2=O)c2ccccc21. The first-order chi connectivity index (χ1) is 11.4. The van der Waals surface area contributed by atoms with Crippen LogP contribution in [0.1, 0.15) is 18.4 Å². The van der Waals surface area contributed by atoms with E-state index in [4.69, 9.17) is 12.2 Å². The van der Waals surface area contributed by atoms with Crippen molar-refractivity contribution < 1.29 is 19.5 Å². The summed E-state index contributed by atoms with van der Waals surface area (Å²) in [6.45, 7) is 0.196. The van der Waals surface area contributed by atoms with Gasteiger partial charge in [0.15, 0.2) is 0 Å². The highest BCUT2D eigenvalue weighted by atomic mass is 32.2. The second-order valence-electron chi connectivity index (χ2n) is 5.39. The molecule has 0 aliphatic carbocycles. The molecule has 0 atom stereocenters. The van der Waals surface area contributed by atoms with Crippen molar-refractivity contribution in [1.29, 1.82) is 0 Å². The molecule has 1 aromatic rings. The van der Waals surface area contributed by atoms with E-state index < -0.39 is 5.97 Å². The van der Waals surface area contributed by atoms with Crippen LogP contribution in [0.15, 0.2) is 29.2 Å². The van der Waals surface area contributed by atoms with E-state index in [0.717, 1.165) is 17.4 Å². The van der Waals surface area contributed by atoms with Crippen molar-refractivity contribution in [2.24, 2.45) is 0 Å². The number of hydrogen-bond donors (Lipinski definition) is 0. The number of likely N-dealkylation sites (N-methyl/N-ethyl adjacent to an activating group) is 1. The molecule has 2 amide bonds. The normalized spacial score (nSPS) is 20.1. The van der Waals surface area contributed by atoms with Crippen LogP contribution in [0.3, 0.4) is 0 Å². The molecule has 1 saturated heterocycles. The van der Waals surface area contributed by atoms with Crippen LogP contribution in [0.4, 0.5) is 5.69 Å². The fourth-order valence-electron chi connectivity index (χ4n) is 2.71. The first-order valence-electron chi connectivity index (χ1n) is 7.27. The van der Waals surface area contributed by atoms with E-state index in [1.807, 2.05) is 18.2 Å². The number of carbonyl (C=O) groups is 3. The molecular formula is C16H13N2O4S2-. The molecule has 8 heteroatoms. The highest BCUT2D eigenvalue weighted by molar-refractivity contribution is 8.26. The quantitative estimate of drug-likeness (QED) is 0.582. The van der Waals surface area contributed by atoms with E-state index in [2.05, 4.69) is 0 Å². The maximum Gasteiger partial charge on any atom is 0.267 e. The number of benzene rings is 1. The molecule has 2 heterocycles. The zero-order valence-corrected chi connectivity index (χ0v) is 14.4. The molecule has 0 bridgehead atoms. The van der Waals surface area contributed by atoms with Gasteiger partial charge in [-0.1, -0.05) is 42.2 Å². The van der Waals surface area contributed by atoms with E-state index in [1.54, 1.807) is 13.1 Å². The highest BCUT2D eigenvalue weighted by Crippen LogP contribution is 2.43. The van der Waals surface area contributed by atoms with Crippen LogP contribution in [0.5, 0.6) is 0 Å². The van der Waals surface area contributed by atoms with E-state index in [-0.39, 0.29) is 31.2 Å². The number of nitrogens with zero attached hydrogens (tertiary/aromatic N) is 2. The molecule has 3 rings (SSSR count). The first-order valence-corrected chi connectivity index (χ1v) is 8.49. The molecular weight excluding hydrogens is 348 g/mol. The predicted octanol–water partition coefficient (Wildman–Crippen LogP) is 0.764. The Morgan fingerprint density at radius 1 is 1.25 bits per heavy atom. The topological polar surface area (TPSA) is 80.8 Å². The smallest absolute Gasteiger partial charge is 0.267 e. The lowest BCUT2D eigenvalue weighted by Crippen LogP contribution is -2.31. The van der Waals surface area contributed by atoms with Gasteiger partial charge in [0.1, 0.15) is 4.32 Å². The van der Waals surface area contributed by atoms with Gasteiger partial charge in [0.2, 0.25) is 0 Å². The Morgan fingerprint density at radius 2 is 1.96 bits per heavy atom. The fraction of sp³-hybridized carbons (Fsp3) is 0.250. The minimum atomic E-state index is -1.17. The maximum absolute atomic E-state index is 12.7. The molecule has 6 nitrogen and oxygen atoms in total. The lowest BCUT2D eigenvalue weighted by molar-refractivity contribution is -0.305. The average molecular weight is 361 g/mol. The summed E-state index contributed by atoms with van der Waals surface area (Å²) in [5.41, 5.74) is 1.81. The van der Waals surface area contributed by atoms with E-state index in [9.17, 15) is 19.5 Å². The van der Waals surface area contributed by atoms with Gasteiger partial charge in [0.05, 0.1) is 16.2 Å². The third kappa shape index (κ3) is 2.71. The number of carboxylic acids is 1. The number of anilines is 1. The fourth-order valence-corrected chi connectivity index (χ4v) is 4.09. The second-order valence-corrected chi connectivity index (χ2v) is 7.03. The summed E-state index contributed by atoms with van der Waals surface area (Å²) >= 11 is 6.31. The molecule has 0 radical (unpaired) electrons. The van der Waals surface area contributed by atoms with E-state index in [1.165, 1.54) is 9.80 Å². The molecule has 2 aliphatic heterocycles. The minimum absolute atomic E-state index is 0.145. The molecule has 0 aromatic heterocycles. The van der Waals surface area contributed by atoms with Crippen molar-refractivity contribution in [1.82, 2.24) is 4.90 Å². The van der Waals surface area contributed by atoms with Crippen molar-refractivity contribution in [3.05, 3.63) is 34.7 Å². The van der Waals surface area contributed by atoms with Gasteiger partial charge in [-0.25, -0.2) is 0 Å². The van der Waals surface area contributed by atoms with Crippen LogP contribution in [0.2, 0.25) is 0 Å². The zero-order chi connectivity index (χ0) is 17.4. The number of fused-ring (bicyclic) bond motifs is 1. The summed E-state index contributed by atoms with van der Waals surface area (Å²) in [7, 11) is 1.66. The van der Waals surface area contributed by atoms with E-state index in [0.29, 0.717) is 20.4 Å². The van der Waals surface area contributed by atoms with E-state index >= 15 is 0 Å². The monoisotopic (exact) mass is 361 g/mol. The summed E-state index contributed by atoms with van der Waals surface area (Å²) in [5.74, 6) is -1.76. The average Bonchev–Trinajstić information content (AvgIpc) is 2.96. The molecule has 0 N–H and O–H groups in total. The molecule has 0 spiro atoms. The number of aliphatic carboxylic acids is 1. The summed E-state index contributed by atoms with van der Waals surface area (Å²) in [4.78, 5) is 38.9. The number of carbonyl (C=O) groups excluding carboxylic acids is 3. The van der Waals surface area contributed by atoms with Gasteiger partial charge in [-0.15, -0.1) is 0 Å². The van der Waals surface area contributed by atoms with Gasteiger partial charge < -0.3 is 14.8 Å². The number of thiocarbonyl (C=S) groups is 1. The molecule has 24 heavy (non-hydrogen) atoms. The number of para-hydroxylation sites is 1.